The average molecular weight is 303 g/mol. The molecule has 0 bridgehead atoms. The molecular weight excluding hydrogens is 296 g/mol. The first-order valence-corrected chi connectivity index (χ1v) is 5.97. The van der Waals surface area contributed by atoms with Crippen LogP contribution in [-0.2, 0) is 0 Å². The SMILES string of the molecule is O=C(O)c1nc(Cl)ccc1-c1ccc(Cl)cc1Cl. The van der Waals surface area contributed by atoms with Crippen molar-refractivity contribution in [3.63, 3.8) is 0 Å². The zero-order chi connectivity index (χ0) is 13.3. The number of rotatable bonds is 2. The second kappa shape index (κ2) is 5.14. The lowest BCUT2D eigenvalue weighted by atomic mass is 10.0. The molecule has 1 aromatic carbocycles. The molecule has 1 heterocycles. The Morgan fingerprint density at radius 1 is 1.06 bits per heavy atom. The van der Waals surface area contributed by atoms with Crippen molar-refractivity contribution < 1.29 is 9.90 Å². The van der Waals surface area contributed by atoms with Gasteiger partial charge < -0.3 is 5.11 Å². The normalized spacial score (nSPS) is 10.4. The maximum Gasteiger partial charge on any atom is 0.355 e. The molecule has 2 aromatic rings. The van der Waals surface area contributed by atoms with Crippen LogP contribution in [0.15, 0.2) is 30.3 Å². The van der Waals surface area contributed by atoms with Gasteiger partial charge in [0.1, 0.15) is 5.15 Å². The van der Waals surface area contributed by atoms with E-state index in [1.165, 1.54) is 6.07 Å². The standard InChI is InChI=1S/C12H6Cl3NO2/c13-6-1-2-7(9(14)5-6)8-3-4-10(15)16-11(8)12(17)18/h1-5H,(H,17,18). The van der Waals surface area contributed by atoms with Crippen molar-refractivity contribution in [1.82, 2.24) is 4.98 Å². The highest BCUT2D eigenvalue weighted by Gasteiger charge is 2.16. The Kier molecular flexibility index (Phi) is 3.76. The lowest BCUT2D eigenvalue weighted by Gasteiger charge is -2.08. The zero-order valence-corrected chi connectivity index (χ0v) is 11.1. The Morgan fingerprint density at radius 2 is 1.72 bits per heavy atom. The fourth-order valence-electron chi connectivity index (χ4n) is 1.52. The van der Waals surface area contributed by atoms with E-state index < -0.39 is 5.97 Å². The molecule has 0 amide bonds. The van der Waals surface area contributed by atoms with Gasteiger partial charge in [-0.3, -0.25) is 0 Å². The van der Waals surface area contributed by atoms with Crippen molar-refractivity contribution >= 4 is 40.8 Å². The van der Waals surface area contributed by atoms with E-state index in [1.807, 2.05) is 0 Å². The van der Waals surface area contributed by atoms with Crippen LogP contribution in [0.3, 0.4) is 0 Å². The minimum atomic E-state index is -1.17. The molecule has 3 nitrogen and oxygen atoms in total. The number of benzene rings is 1. The minimum Gasteiger partial charge on any atom is -0.476 e. The monoisotopic (exact) mass is 301 g/mol. The van der Waals surface area contributed by atoms with Gasteiger partial charge in [-0.1, -0.05) is 40.9 Å². The first-order chi connectivity index (χ1) is 8.49. The summed E-state index contributed by atoms with van der Waals surface area (Å²) < 4.78 is 0. The summed E-state index contributed by atoms with van der Waals surface area (Å²) in [6.07, 6.45) is 0. The number of carbonyl (C=O) groups is 1. The molecule has 6 heteroatoms. The number of carboxylic acid groups (broad SMARTS) is 1. The van der Waals surface area contributed by atoms with Gasteiger partial charge in [-0.2, -0.15) is 0 Å². The summed E-state index contributed by atoms with van der Waals surface area (Å²) in [4.78, 5) is 14.9. The van der Waals surface area contributed by atoms with E-state index in [0.29, 0.717) is 21.2 Å². The van der Waals surface area contributed by atoms with Crippen LogP contribution in [0.5, 0.6) is 0 Å². The summed E-state index contributed by atoms with van der Waals surface area (Å²) in [5, 5.41) is 10.0. The topological polar surface area (TPSA) is 50.2 Å². The molecule has 0 saturated carbocycles. The number of hydrogen-bond donors (Lipinski definition) is 1. The fraction of sp³-hybridized carbons (Fsp3) is 0. The van der Waals surface area contributed by atoms with Gasteiger partial charge in [0.25, 0.3) is 0 Å². The Bertz CT molecular complexity index is 629. The number of aromatic nitrogens is 1. The summed E-state index contributed by atoms with van der Waals surface area (Å²) in [7, 11) is 0. The van der Waals surface area contributed by atoms with Crippen LogP contribution in [0.25, 0.3) is 11.1 Å². The minimum absolute atomic E-state index is 0.112. The third kappa shape index (κ3) is 2.58. The molecule has 18 heavy (non-hydrogen) atoms. The van der Waals surface area contributed by atoms with E-state index in [9.17, 15) is 4.79 Å². The predicted octanol–water partition coefficient (Wildman–Crippen LogP) is 4.41. The summed E-state index contributed by atoms with van der Waals surface area (Å²) in [6.45, 7) is 0. The highest BCUT2D eigenvalue weighted by Crippen LogP contribution is 2.32. The quantitative estimate of drug-likeness (QED) is 0.836. The van der Waals surface area contributed by atoms with Crippen LogP contribution in [0.2, 0.25) is 15.2 Å². The van der Waals surface area contributed by atoms with Gasteiger partial charge in [-0.25, -0.2) is 9.78 Å². The number of hydrogen-bond acceptors (Lipinski definition) is 2. The van der Waals surface area contributed by atoms with Crippen molar-refractivity contribution in [2.24, 2.45) is 0 Å². The van der Waals surface area contributed by atoms with E-state index >= 15 is 0 Å². The Labute approximate surface area is 118 Å². The van der Waals surface area contributed by atoms with Crippen molar-refractivity contribution in [2.75, 3.05) is 0 Å². The number of nitrogens with zero attached hydrogens (tertiary/aromatic N) is 1. The number of carboxylic acids is 1. The number of aromatic carboxylic acids is 1. The third-order valence-electron chi connectivity index (χ3n) is 2.29. The maximum absolute atomic E-state index is 11.1. The van der Waals surface area contributed by atoms with E-state index in [4.69, 9.17) is 39.9 Å². The molecule has 2 rings (SSSR count). The van der Waals surface area contributed by atoms with Gasteiger partial charge in [0.2, 0.25) is 0 Å². The molecule has 0 aliphatic rings. The van der Waals surface area contributed by atoms with Crippen LogP contribution in [0, 0.1) is 0 Å². The first-order valence-electron chi connectivity index (χ1n) is 4.84. The molecule has 0 aliphatic carbocycles. The zero-order valence-electron chi connectivity index (χ0n) is 8.82. The van der Waals surface area contributed by atoms with Crippen molar-refractivity contribution in [3.8, 4) is 11.1 Å². The number of pyridine rings is 1. The lowest BCUT2D eigenvalue weighted by molar-refractivity contribution is 0.0691. The molecule has 0 fully saturated rings. The largest absolute Gasteiger partial charge is 0.476 e. The van der Waals surface area contributed by atoms with Gasteiger partial charge in [0.05, 0.1) is 0 Å². The predicted molar refractivity (Wildman–Crippen MR) is 71.7 cm³/mol. The van der Waals surface area contributed by atoms with E-state index in [-0.39, 0.29) is 10.8 Å². The summed E-state index contributed by atoms with van der Waals surface area (Å²) >= 11 is 17.5. The third-order valence-corrected chi connectivity index (χ3v) is 3.04. The molecule has 0 atom stereocenters. The van der Waals surface area contributed by atoms with E-state index in [1.54, 1.807) is 24.3 Å². The van der Waals surface area contributed by atoms with Crippen molar-refractivity contribution in [1.29, 1.82) is 0 Å². The highest BCUT2D eigenvalue weighted by atomic mass is 35.5. The highest BCUT2D eigenvalue weighted by molar-refractivity contribution is 6.36. The second-order valence-corrected chi connectivity index (χ2v) is 4.69. The Hall–Kier alpha value is -1.29. The van der Waals surface area contributed by atoms with E-state index in [0.717, 1.165) is 0 Å². The van der Waals surface area contributed by atoms with E-state index in [2.05, 4.69) is 4.98 Å². The average Bonchev–Trinajstić information content (AvgIpc) is 2.29. The van der Waals surface area contributed by atoms with Crippen LogP contribution in [-0.4, -0.2) is 16.1 Å². The molecule has 0 spiro atoms. The van der Waals surface area contributed by atoms with Gasteiger partial charge in [0.15, 0.2) is 5.69 Å². The second-order valence-electron chi connectivity index (χ2n) is 3.46. The maximum atomic E-state index is 11.1. The van der Waals surface area contributed by atoms with Gasteiger partial charge in [-0.05, 0) is 24.3 Å². The van der Waals surface area contributed by atoms with Crippen LogP contribution >= 0.6 is 34.8 Å². The molecule has 1 N–H and O–H groups in total. The Balaban J connectivity index is 2.67. The molecule has 92 valence electrons. The van der Waals surface area contributed by atoms with Gasteiger partial charge >= 0.3 is 5.97 Å². The van der Waals surface area contributed by atoms with Crippen LogP contribution in [0.1, 0.15) is 10.5 Å². The molecule has 1 aromatic heterocycles. The smallest absolute Gasteiger partial charge is 0.355 e. The summed E-state index contributed by atoms with van der Waals surface area (Å²) in [5.74, 6) is -1.17. The summed E-state index contributed by atoms with van der Waals surface area (Å²) in [6, 6.07) is 7.88. The molecule has 0 unspecified atom stereocenters. The molecular formula is C12H6Cl3NO2. The fourth-order valence-corrected chi connectivity index (χ4v) is 2.18. The van der Waals surface area contributed by atoms with Gasteiger partial charge in [0, 0.05) is 21.2 Å². The first kappa shape index (κ1) is 13.1. The van der Waals surface area contributed by atoms with Gasteiger partial charge in [-0.15, -0.1) is 0 Å². The van der Waals surface area contributed by atoms with Crippen molar-refractivity contribution in [3.05, 3.63) is 51.2 Å². The molecule has 0 radical (unpaired) electrons. The van der Waals surface area contributed by atoms with Crippen molar-refractivity contribution in [2.45, 2.75) is 0 Å². The number of halogens is 3. The van der Waals surface area contributed by atoms with Crippen LogP contribution < -0.4 is 0 Å². The summed E-state index contributed by atoms with van der Waals surface area (Å²) in [5.41, 5.74) is 0.794. The molecule has 0 saturated heterocycles. The van der Waals surface area contributed by atoms with Crippen LogP contribution in [0.4, 0.5) is 0 Å². The molecule has 0 aliphatic heterocycles. The lowest BCUT2D eigenvalue weighted by Crippen LogP contribution is -2.03. The Morgan fingerprint density at radius 3 is 2.33 bits per heavy atom.